The van der Waals surface area contributed by atoms with Crippen LogP contribution < -0.4 is 14.9 Å². The van der Waals surface area contributed by atoms with Crippen molar-refractivity contribution in [3.8, 4) is 11.5 Å². The summed E-state index contributed by atoms with van der Waals surface area (Å²) >= 11 is 7.65. The molecular weight excluding hydrogens is 404 g/mol. The first-order chi connectivity index (χ1) is 13.0. The zero-order valence-electron chi connectivity index (χ0n) is 14.6. The summed E-state index contributed by atoms with van der Waals surface area (Å²) in [4.78, 5) is 25.7. The number of thioether (sulfide) groups is 1. The molecule has 2 heterocycles. The molecule has 1 N–H and O–H groups in total. The van der Waals surface area contributed by atoms with Crippen molar-refractivity contribution >= 4 is 57.5 Å². The largest absolute Gasteiger partial charge is 0.493 e. The third-order valence-corrected chi connectivity index (χ3v) is 5.71. The molecule has 2 amide bonds. The number of ether oxygens (including phenoxy) is 2. The van der Waals surface area contributed by atoms with Crippen molar-refractivity contribution < 1.29 is 19.1 Å². The van der Waals surface area contributed by atoms with E-state index in [-0.39, 0.29) is 16.1 Å². The van der Waals surface area contributed by atoms with Crippen molar-refractivity contribution in [1.82, 2.24) is 10.4 Å². The maximum atomic E-state index is 12.6. The molecule has 1 saturated heterocycles. The number of carbonyl (C=O) groups excluding carboxylic acids is 2. The van der Waals surface area contributed by atoms with Gasteiger partial charge in [-0.2, -0.15) is 5.01 Å². The van der Waals surface area contributed by atoms with Crippen LogP contribution in [0.3, 0.4) is 0 Å². The third-order valence-electron chi connectivity index (χ3n) is 3.54. The Morgan fingerprint density at radius 2 is 2.15 bits per heavy atom. The molecular formula is C18H16N2O4S3. The number of hydrazine groups is 1. The highest BCUT2D eigenvalue weighted by atomic mass is 32.2. The Morgan fingerprint density at radius 3 is 2.81 bits per heavy atom. The van der Waals surface area contributed by atoms with Crippen LogP contribution >= 0.6 is 35.3 Å². The van der Waals surface area contributed by atoms with Crippen LogP contribution in [0.2, 0.25) is 0 Å². The maximum Gasteiger partial charge on any atom is 0.285 e. The van der Waals surface area contributed by atoms with Gasteiger partial charge in [0, 0.05) is 0 Å². The highest BCUT2D eigenvalue weighted by Gasteiger charge is 2.34. The Hall–Kier alpha value is -2.36. The van der Waals surface area contributed by atoms with E-state index >= 15 is 0 Å². The van der Waals surface area contributed by atoms with Crippen molar-refractivity contribution in [3.63, 3.8) is 0 Å². The highest BCUT2D eigenvalue weighted by molar-refractivity contribution is 8.26. The van der Waals surface area contributed by atoms with Crippen LogP contribution in [0.25, 0.3) is 6.08 Å². The average Bonchev–Trinajstić information content (AvgIpc) is 3.28. The molecule has 9 heteroatoms. The summed E-state index contributed by atoms with van der Waals surface area (Å²) in [5.74, 6) is 0.466. The maximum absolute atomic E-state index is 12.6. The molecule has 6 nitrogen and oxygen atoms in total. The molecule has 2 aromatic rings. The lowest BCUT2D eigenvalue weighted by atomic mass is 10.2. The van der Waals surface area contributed by atoms with E-state index in [1.807, 2.05) is 13.0 Å². The minimum Gasteiger partial charge on any atom is -0.493 e. The number of benzene rings is 1. The molecule has 1 aliphatic heterocycles. The molecule has 0 aliphatic carbocycles. The number of nitrogens with zero attached hydrogens (tertiary/aromatic N) is 1. The number of carbonyl (C=O) groups is 2. The SMILES string of the molecule is CCOc1ccc(/C=C2/SC(=S)N(NC(=O)c3cccs3)C2=O)cc1OC. The Bertz CT molecular complexity index is 909. The quantitative estimate of drug-likeness (QED) is 0.568. The second kappa shape index (κ2) is 8.55. The summed E-state index contributed by atoms with van der Waals surface area (Å²) in [6.07, 6.45) is 1.70. The van der Waals surface area contributed by atoms with E-state index in [0.717, 1.165) is 22.3 Å². The first-order valence-corrected chi connectivity index (χ1v) is 10.1. The number of hydrogen-bond donors (Lipinski definition) is 1. The van der Waals surface area contributed by atoms with Gasteiger partial charge in [-0.3, -0.25) is 15.0 Å². The van der Waals surface area contributed by atoms with Crippen molar-refractivity contribution in [2.75, 3.05) is 13.7 Å². The van der Waals surface area contributed by atoms with Gasteiger partial charge in [-0.15, -0.1) is 11.3 Å². The zero-order chi connectivity index (χ0) is 19.4. The number of rotatable bonds is 6. The number of thiocarbonyl (C=S) groups is 1. The van der Waals surface area contributed by atoms with Gasteiger partial charge in [-0.05, 0) is 54.4 Å². The average molecular weight is 421 g/mol. The van der Waals surface area contributed by atoms with Crippen molar-refractivity contribution in [1.29, 1.82) is 0 Å². The number of amides is 2. The van der Waals surface area contributed by atoms with Crippen LogP contribution in [0.5, 0.6) is 11.5 Å². The minimum absolute atomic E-state index is 0.272. The van der Waals surface area contributed by atoms with Gasteiger partial charge in [0.2, 0.25) is 0 Å². The summed E-state index contributed by atoms with van der Waals surface area (Å²) in [6, 6.07) is 8.84. The molecule has 0 radical (unpaired) electrons. The molecule has 1 aromatic carbocycles. The lowest BCUT2D eigenvalue weighted by molar-refractivity contribution is -0.123. The van der Waals surface area contributed by atoms with Gasteiger partial charge in [0.15, 0.2) is 15.8 Å². The van der Waals surface area contributed by atoms with E-state index in [1.54, 1.807) is 42.8 Å². The van der Waals surface area contributed by atoms with Crippen molar-refractivity contribution in [3.05, 3.63) is 51.1 Å². The fraction of sp³-hybridized carbons (Fsp3) is 0.167. The molecule has 1 aliphatic rings. The van der Waals surface area contributed by atoms with Crippen LogP contribution in [0, 0.1) is 0 Å². The zero-order valence-corrected chi connectivity index (χ0v) is 17.0. The van der Waals surface area contributed by atoms with Crippen LogP contribution in [0.15, 0.2) is 40.6 Å². The van der Waals surface area contributed by atoms with Crippen LogP contribution in [0.4, 0.5) is 0 Å². The Kier molecular flexibility index (Phi) is 6.15. The topological polar surface area (TPSA) is 67.9 Å². The molecule has 0 unspecified atom stereocenters. The smallest absolute Gasteiger partial charge is 0.285 e. The Labute approximate surface area is 170 Å². The fourth-order valence-electron chi connectivity index (χ4n) is 2.33. The molecule has 3 rings (SSSR count). The van der Waals surface area contributed by atoms with E-state index in [4.69, 9.17) is 21.7 Å². The van der Waals surface area contributed by atoms with Crippen molar-refractivity contribution in [2.45, 2.75) is 6.92 Å². The monoisotopic (exact) mass is 420 g/mol. The number of nitrogens with one attached hydrogen (secondary N) is 1. The van der Waals surface area contributed by atoms with Gasteiger partial charge >= 0.3 is 0 Å². The third kappa shape index (κ3) is 4.32. The normalized spacial score (nSPS) is 15.3. The first kappa shape index (κ1) is 19.4. The molecule has 1 fully saturated rings. The lowest BCUT2D eigenvalue weighted by Crippen LogP contribution is -2.44. The van der Waals surface area contributed by atoms with Crippen molar-refractivity contribution in [2.24, 2.45) is 0 Å². The molecule has 140 valence electrons. The van der Waals surface area contributed by atoms with E-state index in [2.05, 4.69) is 5.43 Å². The molecule has 0 saturated carbocycles. The first-order valence-electron chi connectivity index (χ1n) is 7.96. The second-order valence-corrected chi connectivity index (χ2v) is 7.90. The highest BCUT2D eigenvalue weighted by Crippen LogP contribution is 2.34. The van der Waals surface area contributed by atoms with E-state index in [0.29, 0.717) is 27.9 Å². The minimum atomic E-state index is -0.372. The van der Waals surface area contributed by atoms with E-state index in [1.165, 1.54) is 11.3 Å². The van der Waals surface area contributed by atoms with Crippen LogP contribution in [-0.2, 0) is 4.79 Å². The second-order valence-electron chi connectivity index (χ2n) is 5.28. The van der Waals surface area contributed by atoms with E-state index < -0.39 is 0 Å². The van der Waals surface area contributed by atoms with E-state index in [9.17, 15) is 9.59 Å². The summed E-state index contributed by atoms with van der Waals surface area (Å²) < 4.78 is 11.1. The molecule has 0 bridgehead atoms. The predicted octanol–water partition coefficient (Wildman–Crippen LogP) is 3.70. The summed E-state index contributed by atoms with van der Waals surface area (Å²) in [5.41, 5.74) is 3.32. The Balaban J connectivity index is 1.79. The number of methoxy groups -OCH3 is 1. The van der Waals surface area contributed by atoms with Gasteiger partial charge in [-0.1, -0.05) is 23.9 Å². The summed E-state index contributed by atoms with van der Waals surface area (Å²) in [6.45, 7) is 2.42. The summed E-state index contributed by atoms with van der Waals surface area (Å²) in [7, 11) is 1.56. The van der Waals surface area contributed by atoms with Gasteiger partial charge in [0.05, 0.1) is 23.5 Å². The molecule has 0 spiro atoms. The molecule has 1 aromatic heterocycles. The Morgan fingerprint density at radius 1 is 1.33 bits per heavy atom. The number of thiophene rings is 1. The van der Waals surface area contributed by atoms with Crippen LogP contribution in [-0.4, -0.2) is 34.9 Å². The summed E-state index contributed by atoms with van der Waals surface area (Å²) in [5, 5.41) is 2.89. The van der Waals surface area contributed by atoms with Gasteiger partial charge in [-0.25, -0.2) is 0 Å². The fourth-order valence-corrected chi connectivity index (χ4v) is 4.12. The number of hydrogen-bond acceptors (Lipinski definition) is 7. The van der Waals surface area contributed by atoms with Crippen LogP contribution in [0.1, 0.15) is 22.2 Å². The van der Waals surface area contributed by atoms with Gasteiger partial charge in [0.25, 0.3) is 11.8 Å². The standard InChI is InChI=1S/C18H16N2O4S3/c1-3-24-12-7-6-11(9-13(12)23-2)10-15-17(22)20(18(25)27-15)19-16(21)14-5-4-8-26-14/h4-10H,3H2,1-2H3,(H,19,21)/b15-10+. The van der Waals surface area contributed by atoms with Gasteiger partial charge < -0.3 is 9.47 Å². The molecule has 27 heavy (non-hydrogen) atoms. The molecule has 0 atom stereocenters. The predicted molar refractivity (Wildman–Crippen MR) is 111 cm³/mol. The van der Waals surface area contributed by atoms with Gasteiger partial charge in [0.1, 0.15) is 0 Å². The lowest BCUT2D eigenvalue weighted by Gasteiger charge is -2.14.